The van der Waals surface area contributed by atoms with Gasteiger partial charge in [-0.1, -0.05) is 66.2 Å². The molecule has 6 nitrogen and oxygen atoms in total. The summed E-state index contributed by atoms with van der Waals surface area (Å²) >= 11 is 0. The maximum Gasteiger partial charge on any atom is 0.322 e. The van der Waals surface area contributed by atoms with Crippen molar-refractivity contribution in [3.8, 4) is 11.5 Å². The van der Waals surface area contributed by atoms with Crippen LogP contribution < -0.4 is 5.32 Å². The van der Waals surface area contributed by atoms with E-state index in [4.69, 9.17) is 5.10 Å². The molecular weight excluding hydrogens is 458 g/mol. The number of aryl methyl sites for hydroxylation is 3. The maximum atomic E-state index is 14.0. The number of para-hydroxylation sites is 2. The van der Waals surface area contributed by atoms with Crippen molar-refractivity contribution >= 4 is 11.7 Å². The van der Waals surface area contributed by atoms with Crippen LogP contribution in [0.25, 0.3) is 11.5 Å². The largest absolute Gasteiger partial charge is 0.322 e. The van der Waals surface area contributed by atoms with Crippen LogP contribution in [0, 0.1) is 20.8 Å². The zero-order valence-electron chi connectivity index (χ0n) is 21.2. The van der Waals surface area contributed by atoms with Gasteiger partial charge < -0.3 is 14.8 Å². The number of benzene rings is 3. The second kappa shape index (κ2) is 9.13. The van der Waals surface area contributed by atoms with Gasteiger partial charge in [-0.3, -0.25) is 0 Å². The number of carbonyl (C=O) groups is 1. The molecule has 1 aliphatic heterocycles. The van der Waals surface area contributed by atoms with Crippen LogP contribution in [-0.2, 0) is 6.54 Å². The number of hydrogen-bond donors (Lipinski definition) is 1. The molecule has 0 aliphatic carbocycles. The number of amides is 2. The average Bonchev–Trinajstić information content (AvgIpc) is 3.47. The summed E-state index contributed by atoms with van der Waals surface area (Å²) in [6.07, 6.45) is 2.07. The standard InChI is InChI=1S/C31H29N5O/c1-21-15-17-24(18-16-21)29-28-14-9-19-34(28)30-26(23(3)33-36(30)25-11-5-4-6-12-25)20-35(29)31(37)32-27-13-8-7-10-22(27)2/h4-19,29H,20H2,1-3H3,(H,32,37)/t29-/m1/s1. The van der Waals surface area contributed by atoms with Gasteiger partial charge in [0.1, 0.15) is 5.82 Å². The molecule has 0 fully saturated rings. The second-order valence-electron chi connectivity index (χ2n) is 9.62. The predicted molar refractivity (Wildman–Crippen MR) is 146 cm³/mol. The first kappa shape index (κ1) is 22.9. The van der Waals surface area contributed by atoms with Crippen LogP contribution in [0.5, 0.6) is 0 Å². The molecule has 184 valence electrons. The van der Waals surface area contributed by atoms with Crippen LogP contribution in [0.2, 0.25) is 0 Å². The molecule has 0 saturated heterocycles. The van der Waals surface area contributed by atoms with Crippen molar-refractivity contribution in [3.05, 3.63) is 131 Å². The van der Waals surface area contributed by atoms with Crippen molar-refractivity contribution in [2.75, 3.05) is 5.32 Å². The minimum Gasteiger partial charge on any atom is -0.308 e. The molecule has 3 heterocycles. The summed E-state index contributed by atoms with van der Waals surface area (Å²) in [5, 5.41) is 8.10. The number of carbonyl (C=O) groups excluding carboxylic acids is 1. The molecule has 1 atom stereocenters. The van der Waals surface area contributed by atoms with Crippen molar-refractivity contribution in [1.82, 2.24) is 19.2 Å². The number of fused-ring (bicyclic) bond motifs is 3. The van der Waals surface area contributed by atoms with E-state index in [1.807, 2.05) is 72.0 Å². The lowest BCUT2D eigenvalue weighted by atomic mass is 10.0. The Morgan fingerprint density at radius 3 is 2.35 bits per heavy atom. The van der Waals surface area contributed by atoms with Crippen molar-refractivity contribution in [2.45, 2.75) is 33.4 Å². The van der Waals surface area contributed by atoms with Crippen LogP contribution in [0.1, 0.15) is 39.7 Å². The third kappa shape index (κ3) is 4.00. The van der Waals surface area contributed by atoms with E-state index in [0.29, 0.717) is 6.54 Å². The van der Waals surface area contributed by atoms with Crippen LogP contribution in [0.3, 0.4) is 0 Å². The first-order chi connectivity index (χ1) is 18.0. The Morgan fingerprint density at radius 2 is 1.59 bits per heavy atom. The highest BCUT2D eigenvalue weighted by molar-refractivity contribution is 5.91. The van der Waals surface area contributed by atoms with E-state index in [2.05, 4.69) is 65.5 Å². The third-order valence-corrected chi connectivity index (χ3v) is 7.13. The highest BCUT2D eigenvalue weighted by Crippen LogP contribution is 2.38. The zero-order chi connectivity index (χ0) is 25.5. The molecule has 2 amide bonds. The van der Waals surface area contributed by atoms with Gasteiger partial charge >= 0.3 is 6.03 Å². The number of nitrogens with one attached hydrogen (secondary N) is 1. The molecule has 0 radical (unpaired) electrons. The quantitative estimate of drug-likeness (QED) is 0.307. The van der Waals surface area contributed by atoms with Gasteiger partial charge in [0.25, 0.3) is 0 Å². The van der Waals surface area contributed by atoms with Crippen LogP contribution >= 0.6 is 0 Å². The van der Waals surface area contributed by atoms with Gasteiger partial charge in [-0.25, -0.2) is 9.48 Å². The monoisotopic (exact) mass is 487 g/mol. The van der Waals surface area contributed by atoms with E-state index < -0.39 is 0 Å². The lowest BCUT2D eigenvalue weighted by Crippen LogP contribution is -2.38. The van der Waals surface area contributed by atoms with E-state index in [9.17, 15) is 4.79 Å². The van der Waals surface area contributed by atoms with Gasteiger partial charge in [0, 0.05) is 17.4 Å². The molecule has 3 aromatic carbocycles. The summed E-state index contributed by atoms with van der Waals surface area (Å²) in [6.45, 7) is 6.53. The van der Waals surface area contributed by atoms with Gasteiger partial charge in [0.15, 0.2) is 0 Å². The zero-order valence-corrected chi connectivity index (χ0v) is 21.2. The normalized spacial score (nSPS) is 14.6. The van der Waals surface area contributed by atoms with Crippen molar-refractivity contribution in [1.29, 1.82) is 0 Å². The highest BCUT2D eigenvalue weighted by atomic mass is 16.2. The molecule has 0 spiro atoms. The van der Waals surface area contributed by atoms with E-state index in [-0.39, 0.29) is 12.1 Å². The average molecular weight is 488 g/mol. The van der Waals surface area contributed by atoms with Crippen LogP contribution in [0.4, 0.5) is 10.5 Å². The van der Waals surface area contributed by atoms with Crippen molar-refractivity contribution in [3.63, 3.8) is 0 Å². The number of nitrogens with zero attached hydrogens (tertiary/aromatic N) is 4. The van der Waals surface area contributed by atoms with Gasteiger partial charge in [-0.15, -0.1) is 0 Å². The Kier molecular flexibility index (Phi) is 5.64. The maximum absolute atomic E-state index is 14.0. The molecule has 0 saturated carbocycles. The molecular formula is C31H29N5O. The molecule has 1 N–H and O–H groups in total. The summed E-state index contributed by atoms with van der Waals surface area (Å²) in [4.78, 5) is 16.0. The summed E-state index contributed by atoms with van der Waals surface area (Å²) in [6, 6.07) is 30.2. The van der Waals surface area contributed by atoms with E-state index in [1.165, 1.54) is 5.56 Å². The predicted octanol–water partition coefficient (Wildman–Crippen LogP) is 6.73. The fourth-order valence-corrected chi connectivity index (χ4v) is 5.15. The van der Waals surface area contributed by atoms with Gasteiger partial charge in [-0.05, 0) is 62.2 Å². The van der Waals surface area contributed by atoms with E-state index in [0.717, 1.165) is 45.3 Å². The minimum atomic E-state index is -0.282. The van der Waals surface area contributed by atoms with Gasteiger partial charge in [0.05, 0.1) is 29.7 Å². The molecule has 1 aliphatic rings. The number of rotatable bonds is 3. The SMILES string of the molecule is Cc1ccc([C@@H]2c3cccn3-c3c(c(C)nn3-c3ccccc3)CN2C(=O)Nc2ccccc2C)cc1. The molecule has 0 unspecified atom stereocenters. The molecule has 6 heteroatoms. The van der Waals surface area contributed by atoms with Crippen LogP contribution in [0.15, 0.2) is 97.2 Å². The fraction of sp³-hybridized carbons (Fsp3) is 0.161. The summed E-state index contributed by atoms with van der Waals surface area (Å²) in [5.41, 5.74) is 8.00. The minimum absolute atomic E-state index is 0.146. The Labute approximate surface area is 216 Å². The van der Waals surface area contributed by atoms with Crippen LogP contribution in [-0.4, -0.2) is 25.3 Å². The molecule has 5 aromatic rings. The molecule has 6 rings (SSSR count). The van der Waals surface area contributed by atoms with E-state index >= 15 is 0 Å². The van der Waals surface area contributed by atoms with Gasteiger partial charge in [0.2, 0.25) is 0 Å². The molecule has 37 heavy (non-hydrogen) atoms. The lowest BCUT2D eigenvalue weighted by Gasteiger charge is -2.31. The smallest absolute Gasteiger partial charge is 0.308 e. The lowest BCUT2D eigenvalue weighted by molar-refractivity contribution is 0.194. The Bertz CT molecular complexity index is 1580. The summed E-state index contributed by atoms with van der Waals surface area (Å²) in [5.74, 6) is 0.965. The Morgan fingerprint density at radius 1 is 0.865 bits per heavy atom. The second-order valence-corrected chi connectivity index (χ2v) is 9.62. The number of urea groups is 1. The number of anilines is 1. The highest BCUT2D eigenvalue weighted by Gasteiger charge is 2.36. The molecule has 2 aromatic heterocycles. The molecule has 0 bridgehead atoms. The first-order valence-electron chi connectivity index (χ1n) is 12.5. The Hall–Kier alpha value is -4.58. The third-order valence-electron chi connectivity index (χ3n) is 7.13. The van der Waals surface area contributed by atoms with Crippen molar-refractivity contribution in [2.24, 2.45) is 0 Å². The Balaban J connectivity index is 1.54. The fourth-order valence-electron chi connectivity index (χ4n) is 5.15. The topological polar surface area (TPSA) is 55.1 Å². The number of aromatic nitrogens is 3. The van der Waals surface area contributed by atoms with Crippen molar-refractivity contribution < 1.29 is 4.79 Å². The van der Waals surface area contributed by atoms with Gasteiger partial charge in [-0.2, -0.15) is 5.10 Å². The van der Waals surface area contributed by atoms with E-state index in [1.54, 1.807) is 0 Å². The number of hydrogen-bond acceptors (Lipinski definition) is 2. The first-order valence-corrected chi connectivity index (χ1v) is 12.5. The summed E-state index contributed by atoms with van der Waals surface area (Å²) in [7, 11) is 0. The summed E-state index contributed by atoms with van der Waals surface area (Å²) < 4.78 is 4.18.